The zero-order valence-electron chi connectivity index (χ0n) is 12.8. The number of hydrogen-bond donors (Lipinski definition) is 2. The second kappa shape index (κ2) is 5.91. The molecule has 0 radical (unpaired) electrons. The third-order valence-corrected chi connectivity index (χ3v) is 4.20. The van der Waals surface area contributed by atoms with Gasteiger partial charge < -0.3 is 15.4 Å². The molecule has 1 atom stereocenters. The molecule has 0 spiro atoms. The van der Waals surface area contributed by atoms with Crippen LogP contribution < -0.4 is 15.4 Å². The average Bonchev–Trinajstić information content (AvgIpc) is 2.92. The third kappa shape index (κ3) is 2.74. The molecule has 3 heterocycles. The summed E-state index contributed by atoms with van der Waals surface area (Å²) in [6.45, 7) is 2.33. The van der Waals surface area contributed by atoms with Gasteiger partial charge in [-0.15, -0.1) is 5.10 Å². The Morgan fingerprint density at radius 1 is 1.35 bits per heavy atom. The van der Waals surface area contributed by atoms with Crippen LogP contribution in [-0.2, 0) is 6.54 Å². The van der Waals surface area contributed by atoms with Gasteiger partial charge >= 0.3 is 0 Å². The van der Waals surface area contributed by atoms with E-state index in [1.807, 2.05) is 24.3 Å². The molecule has 0 aliphatic carbocycles. The molecule has 7 heteroatoms. The quantitative estimate of drug-likeness (QED) is 0.882. The van der Waals surface area contributed by atoms with Crippen LogP contribution in [0.5, 0.6) is 5.75 Å². The first-order chi connectivity index (χ1) is 11.3. The highest BCUT2D eigenvalue weighted by Gasteiger charge is 2.24. The van der Waals surface area contributed by atoms with E-state index in [1.165, 1.54) is 0 Å². The summed E-state index contributed by atoms with van der Waals surface area (Å²) in [5, 5.41) is 10.5. The number of fused-ring (bicyclic) bond motifs is 2. The number of carbonyl (C=O) groups is 1. The van der Waals surface area contributed by atoms with E-state index < -0.39 is 0 Å². The predicted octanol–water partition coefficient (Wildman–Crippen LogP) is 1.74. The van der Waals surface area contributed by atoms with Gasteiger partial charge in [0.05, 0.1) is 12.6 Å². The normalized spacial score (nSPS) is 19.6. The van der Waals surface area contributed by atoms with Crippen LogP contribution in [0, 0.1) is 0 Å². The number of aryl methyl sites for hydroxylation is 1. The van der Waals surface area contributed by atoms with Crippen molar-refractivity contribution in [2.45, 2.75) is 31.8 Å². The number of nitrogens with one attached hydrogen (secondary N) is 2. The van der Waals surface area contributed by atoms with Gasteiger partial charge in [-0.1, -0.05) is 18.2 Å². The second-order valence-corrected chi connectivity index (χ2v) is 5.82. The molecule has 2 aliphatic rings. The molecule has 2 aromatic rings. The van der Waals surface area contributed by atoms with Crippen molar-refractivity contribution in [1.29, 1.82) is 0 Å². The molecule has 0 saturated heterocycles. The van der Waals surface area contributed by atoms with Crippen LogP contribution in [0.4, 0.5) is 5.95 Å². The molecule has 1 aromatic carbocycles. The summed E-state index contributed by atoms with van der Waals surface area (Å²) in [6.07, 6.45) is 2.73. The predicted molar refractivity (Wildman–Crippen MR) is 84.5 cm³/mol. The summed E-state index contributed by atoms with van der Waals surface area (Å²) in [7, 11) is 0. The number of hydrogen-bond acceptors (Lipinski definition) is 5. The Kier molecular flexibility index (Phi) is 3.61. The highest BCUT2D eigenvalue weighted by molar-refractivity contribution is 5.91. The van der Waals surface area contributed by atoms with Crippen molar-refractivity contribution in [1.82, 2.24) is 20.1 Å². The maximum Gasteiger partial charge on any atom is 0.291 e. The fourth-order valence-corrected chi connectivity index (χ4v) is 3.05. The zero-order valence-corrected chi connectivity index (χ0v) is 12.8. The van der Waals surface area contributed by atoms with Gasteiger partial charge in [0.15, 0.2) is 0 Å². The van der Waals surface area contributed by atoms with Gasteiger partial charge in [0, 0.05) is 18.7 Å². The summed E-state index contributed by atoms with van der Waals surface area (Å²) in [4.78, 5) is 16.8. The standard InChI is InChI=1S/C16H19N5O2/c22-15(14-19-16-17-8-4-9-21(16)20-14)18-12-6-3-10-23-13-7-2-1-5-11(12)13/h1-2,5,7,12H,3-4,6,8-10H2,(H,18,22)(H,17,19,20)/t12-/m1/s1. The fraction of sp³-hybridized carbons (Fsp3) is 0.438. The van der Waals surface area contributed by atoms with E-state index in [0.29, 0.717) is 12.6 Å². The van der Waals surface area contributed by atoms with Gasteiger partial charge in [-0.3, -0.25) is 4.79 Å². The average molecular weight is 313 g/mol. The summed E-state index contributed by atoms with van der Waals surface area (Å²) >= 11 is 0. The van der Waals surface area contributed by atoms with Crippen LogP contribution >= 0.6 is 0 Å². The lowest BCUT2D eigenvalue weighted by atomic mass is 10.0. The summed E-state index contributed by atoms with van der Waals surface area (Å²) in [5.41, 5.74) is 1.01. The van der Waals surface area contributed by atoms with Gasteiger partial charge in [-0.25, -0.2) is 4.68 Å². The minimum Gasteiger partial charge on any atom is -0.493 e. The first-order valence-electron chi connectivity index (χ1n) is 8.02. The van der Waals surface area contributed by atoms with Crippen LogP contribution in [0.1, 0.15) is 41.5 Å². The number of amides is 1. The molecule has 0 unspecified atom stereocenters. The second-order valence-electron chi connectivity index (χ2n) is 5.82. The van der Waals surface area contributed by atoms with E-state index in [2.05, 4.69) is 20.7 Å². The van der Waals surface area contributed by atoms with E-state index in [0.717, 1.165) is 43.7 Å². The minimum atomic E-state index is -0.240. The minimum absolute atomic E-state index is 0.0744. The fourth-order valence-electron chi connectivity index (χ4n) is 3.05. The van der Waals surface area contributed by atoms with Crippen molar-refractivity contribution in [2.24, 2.45) is 0 Å². The Bertz CT molecular complexity index is 704. The van der Waals surface area contributed by atoms with Gasteiger partial charge in [0.1, 0.15) is 5.75 Å². The molecule has 1 aromatic heterocycles. The number of nitrogens with zero attached hydrogens (tertiary/aromatic N) is 3. The van der Waals surface area contributed by atoms with E-state index in [4.69, 9.17) is 4.74 Å². The Hall–Kier alpha value is -2.57. The Morgan fingerprint density at radius 3 is 3.17 bits per heavy atom. The first kappa shape index (κ1) is 14.0. The monoisotopic (exact) mass is 313 g/mol. The molecule has 1 amide bonds. The van der Waals surface area contributed by atoms with Crippen molar-refractivity contribution in [2.75, 3.05) is 18.5 Å². The largest absolute Gasteiger partial charge is 0.493 e. The number of aromatic nitrogens is 3. The number of benzene rings is 1. The Labute approximate surface area is 134 Å². The van der Waals surface area contributed by atoms with Crippen molar-refractivity contribution < 1.29 is 9.53 Å². The maximum atomic E-state index is 12.5. The first-order valence-corrected chi connectivity index (χ1v) is 8.02. The highest BCUT2D eigenvalue weighted by atomic mass is 16.5. The highest BCUT2D eigenvalue weighted by Crippen LogP contribution is 2.31. The molecule has 23 heavy (non-hydrogen) atoms. The van der Waals surface area contributed by atoms with E-state index in [9.17, 15) is 4.79 Å². The van der Waals surface area contributed by atoms with Gasteiger partial charge in [-0.2, -0.15) is 4.98 Å². The topological polar surface area (TPSA) is 81.1 Å². The number of carbonyl (C=O) groups excluding carboxylic acids is 1. The van der Waals surface area contributed by atoms with Crippen LogP contribution in [-0.4, -0.2) is 33.8 Å². The number of anilines is 1. The SMILES string of the molecule is O=C(N[C@@H]1CCCOc2ccccc21)c1nc2n(n1)CCCN2. The number of ether oxygens (including phenoxy) is 1. The van der Waals surface area contributed by atoms with E-state index in [1.54, 1.807) is 4.68 Å². The number of para-hydroxylation sites is 1. The molecule has 0 bridgehead atoms. The van der Waals surface area contributed by atoms with Gasteiger partial charge in [-0.05, 0) is 25.3 Å². The molecule has 4 rings (SSSR count). The van der Waals surface area contributed by atoms with Crippen molar-refractivity contribution in [3.63, 3.8) is 0 Å². The number of rotatable bonds is 2. The summed E-state index contributed by atoms with van der Waals surface area (Å²) in [6, 6.07) is 7.77. The molecule has 2 aliphatic heterocycles. The smallest absolute Gasteiger partial charge is 0.291 e. The molecule has 0 fully saturated rings. The summed E-state index contributed by atoms with van der Waals surface area (Å²) < 4.78 is 7.49. The summed E-state index contributed by atoms with van der Waals surface area (Å²) in [5.74, 6) is 1.49. The third-order valence-electron chi connectivity index (χ3n) is 4.20. The Balaban J connectivity index is 1.55. The van der Waals surface area contributed by atoms with Crippen LogP contribution in [0.25, 0.3) is 0 Å². The van der Waals surface area contributed by atoms with E-state index >= 15 is 0 Å². The Morgan fingerprint density at radius 2 is 2.26 bits per heavy atom. The van der Waals surface area contributed by atoms with Gasteiger partial charge in [0.2, 0.25) is 11.8 Å². The molecular weight excluding hydrogens is 294 g/mol. The van der Waals surface area contributed by atoms with Crippen molar-refractivity contribution in [3.05, 3.63) is 35.7 Å². The molecular formula is C16H19N5O2. The lowest BCUT2D eigenvalue weighted by molar-refractivity contribution is 0.0924. The van der Waals surface area contributed by atoms with E-state index in [-0.39, 0.29) is 17.8 Å². The molecule has 7 nitrogen and oxygen atoms in total. The molecule has 0 saturated carbocycles. The van der Waals surface area contributed by atoms with Gasteiger partial charge in [0.25, 0.3) is 5.91 Å². The van der Waals surface area contributed by atoms with Crippen LogP contribution in [0.2, 0.25) is 0 Å². The lowest BCUT2D eigenvalue weighted by Gasteiger charge is -2.17. The molecule has 2 N–H and O–H groups in total. The van der Waals surface area contributed by atoms with Crippen molar-refractivity contribution >= 4 is 11.9 Å². The zero-order chi connectivity index (χ0) is 15.6. The van der Waals surface area contributed by atoms with Crippen LogP contribution in [0.3, 0.4) is 0 Å². The lowest BCUT2D eigenvalue weighted by Crippen LogP contribution is -2.29. The van der Waals surface area contributed by atoms with Crippen molar-refractivity contribution in [3.8, 4) is 5.75 Å². The molecule has 120 valence electrons. The maximum absolute atomic E-state index is 12.5. The van der Waals surface area contributed by atoms with Crippen LogP contribution in [0.15, 0.2) is 24.3 Å².